The molecule has 4 heterocycles. The molecule has 3 aromatic rings. The fourth-order valence-corrected chi connectivity index (χ4v) is 3.70. The van der Waals surface area contributed by atoms with Crippen molar-refractivity contribution in [2.45, 2.75) is 45.2 Å². The molecule has 4 rings (SSSR count). The van der Waals surface area contributed by atoms with Crippen LogP contribution in [0.15, 0.2) is 31.1 Å². The van der Waals surface area contributed by atoms with Crippen LogP contribution in [0.4, 0.5) is 11.6 Å². The summed E-state index contributed by atoms with van der Waals surface area (Å²) in [5.41, 5.74) is 0. The van der Waals surface area contributed by atoms with E-state index in [9.17, 15) is 0 Å². The molecular weight excluding hydrogens is 354 g/mol. The zero-order valence-electron chi connectivity index (χ0n) is 16.7. The summed E-state index contributed by atoms with van der Waals surface area (Å²) < 4.78 is 4.13. The van der Waals surface area contributed by atoms with Crippen LogP contribution in [-0.2, 0) is 13.6 Å². The molecule has 0 unspecified atom stereocenters. The van der Waals surface area contributed by atoms with Crippen LogP contribution in [0, 0.1) is 0 Å². The number of rotatable bonds is 6. The average Bonchev–Trinajstić information content (AvgIpc) is 3.32. The molecule has 9 nitrogen and oxygen atoms in total. The molecule has 0 amide bonds. The van der Waals surface area contributed by atoms with Gasteiger partial charge >= 0.3 is 0 Å². The first kappa shape index (κ1) is 18.4. The van der Waals surface area contributed by atoms with E-state index in [2.05, 4.69) is 60.8 Å². The number of nitrogens with one attached hydrogen (secondary N) is 1. The van der Waals surface area contributed by atoms with E-state index in [1.165, 1.54) is 0 Å². The number of anilines is 2. The van der Waals surface area contributed by atoms with Crippen molar-refractivity contribution >= 4 is 11.6 Å². The van der Waals surface area contributed by atoms with Crippen LogP contribution in [0.5, 0.6) is 0 Å². The predicted octanol–water partition coefficient (Wildman–Crippen LogP) is 2.05. The van der Waals surface area contributed by atoms with Gasteiger partial charge in [0.05, 0.1) is 12.9 Å². The lowest BCUT2D eigenvalue weighted by molar-refractivity contribution is 0.475. The van der Waals surface area contributed by atoms with Crippen molar-refractivity contribution in [2.24, 2.45) is 7.05 Å². The van der Waals surface area contributed by atoms with Gasteiger partial charge in [-0.1, -0.05) is 0 Å². The summed E-state index contributed by atoms with van der Waals surface area (Å²) in [6.07, 6.45) is 9.36. The lowest BCUT2D eigenvalue weighted by Gasteiger charge is -2.33. The molecule has 0 bridgehead atoms. The van der Waals surface area contributed by atoms with Crippen molar-refractivity contribution in [3.05, 3.63) is 42.8 Å². The van der Waals surface area contributed by atoms with Crippen molar-refractivity contribution in [3.63, 3.8) is 0 Å². The van der Waals surface area contributed by atoms with Crippen molar-refractivity contribution in [1.29, 1.82) is 0 Å². The smallest absolute Gasteiger partial charge is 0.152 e. The highest BCUT2D eigenvalue weighted by molar-refractivity contribution is 5.49. The Hall–Kier alpha value is -2.97. The summed E-state index contributed by atoms with van der Waals surface area (Å²) >= 11 is 0. The first-order valence-electron chi connectivity index (χ1n) is 9.77. The fourth-order valence-electron chi connectivity index (χ4n) is 3.70. The van der Waals surface area contributed by atoms with Crippen molar-refractivity contribution < 1.29 is 0 Å². The van der Waals surface area contributed by atoms with Crippen LogP contribution < -0.4 is 10.2 Å². The molecule has 1 atom stereocenters. The minimum absolute atomic E-state index is 0.333. The van der Waals surface area contributed by atoms with Gasteiger partial charge in [-0.15, -0.1) is 10.2 Å². The molecule has 0 aliphatic carbocycles. The second-order valence-corrected chi connectivity index (χ2v) is 7.61. The Morgan fingerprint density at radius 3 is 2.93 bits per heavy atom. The highest BCUT2D eigenvalue weighted by atomic mass is 15.3. The van der Waals surface area contributed by atoms with Crippen LogP contribution in [-0.4, -0.2) is 53.4 Å². The number of nitrogens with zero attached hydrogens (tertiary/aromatic N) is 8. The Morgan fingerprint density at radius 2 is 2.14 bits per heavy atom. The Balaban J connectivity index is 1.49. The third kappa shape index (κ3) is 3.97. The molecule has 0 saturated carbocycles. The molecule has 0 spiro atoms. The molecule has 1 N–H and O–H groups in total. The van der Waals surface area contributed by atoms with Crippen LogP contribution >= 0.6 is 0 Å². The molecule has 0 radical (unpaired) electrons. The van der Waals surface area contributed by atoms with E-state index in [0.717, 1.165) is 49.2 Å². The second-order valence-electron chi connectivity index (χ2n) is 7.61. The van der Waals surface area contributed by atoms with Crippen molar-refractivity contribution in [1.82, 2.24) is 34.3 Å². The molecule has 1 fully saturated rings. The molecule has 1 saturated heterocycles. The van der Waals surface area contributed by atoms with Crippen molar-refractivity contribution in [3.8, 4) is 0 Å². The normalized spacial score (nSPS) is 17.3. The highest BCUT2D eigenvalue weighted by Gasteiger charge is 2.27. The van der Waals surface area contributed by atoms with Gasteiger partial charge in [0.15, 0.2) is 5.82 Å². The summed E-state index contributed by atoms with van der Waals surface area (Å²) in [6.45, 7) is 6.77. The van der Waals surface area contributed by atoms with E-state index in [4.69, 9.17) is 0 Å². The summed E-state index contributed by atoms with van der Waals surface area (Å²) in [5.74, 6) is 4.14. The van der Waals surface area contributed by atoms with Crippen LogP contribution in [0.3, 0.4) is 0 Å². The Bertz CT molecular complexity index is 900. The van der Waals surface area contributed by atoms with Crippen LogP contribution in [0.2, 0.25) is 0 Å². The number of aromatic nitrogens is 7. The number of hydrogen-bond donors (Lipinski definition) is 1. The minimum atomic E-state index is 0.333. The number of hydrogen-bond acceptors (Lipinski definition) is 7. The number of piperidine rings is 1. The summed E-state index contributed by atoms with van der Waals surface area (Å²) in [5, 5.41) is 12.3. The maximum absolute atomic E-state index is 4.51. The summed E-state index contributed by atoms with van der Waals surface area (Å²) in [4.78, 5) is 15.2. The first-order chi connectivity index (χ1) is 13.6. The van der Waals surface area contributed by atoms with Gasteiger partial charge in [0, 0.05) is 50.6 Å². The monoisotopic (exact) mass is 381 g/mol. The maximum Gasteiger partial charge on any atom is 0.152 e. The topological polar surface area (TPSA) is 89.6 Å². The zero-order chi connectivity index (χ0) is 19.5. The Morgan fingerprint density at radius 1 is 1.25 bits per heavy atom. The molecule has 148 valence electrons. The van der Waals surface area contributed by atoms with E-state index in [-0.39, 0.29) is 0 Å². The van der Waals surface area contributed by atoms with Gasteiger partial charge in [-0.05, 0) is 26.7 Å². The van der Waals surface area contributed by atoms with E-state index >= 15 is 0 Å². The van der Waals surface area contributed by atoms with Gasteiger partial charge in [0.2, 0.25) is 0 Å². The Kier molecular flexibility index (Phi) is 5.23. The van der Waals surface area contributed by atoms with E-state index in [1.54, 1.807) is 18.9 Å². The van der Waals surface area contributed by atoms with E-state index < -0.39 is 0 Å². The van der Waals surface area contributed by atoms with Gasteiger partial charge in [0.1, 0.15) is 23.8 Å². The van der Waals surface area contributed by atoms with Gasteiger partial charge in [-0.25, -0.2) is 15.0 Å². The molecule has 28 heavy (non-hydrogen) atoms. The minimum Gasteiger partial charge on any atom is -0.368 e. The summed E-state index contributed by atoms with van der Waals surface area (Å²) in [6, 6.07) is 2.37. The lowest BCUT2D eigenvalue weighted by atomic mass is 9.97. The van der Waals surface area contributed by atoms with Gasteiger partial charge in [-0.2, -0.15) is 0 Å². The fraction of sp³-hybridized carbons (Fsp3) is 0.526. The molecule has 1 aliphatic rings. The zero-order valence-corrected chi connectivity index (χ0v) is 16.7. The summed E-state index contributed by atoms with van der Waals surface area (Å²) in [7, 11) is 2.05. The molecular formula is C19H27N9. The predicted molar refractivity (Wildman–Crippen MR) is 107 cm³/mol. The van der Waals surface area contributed by atoms with Crippen LogP contribution in [0.1, 0.15) is 44.3 Å². The quantitative estimate of drug-likeness (QED) is 0.699. The third-order valence-corrected chi connectivity index (χ3v) is 5.08. The molecule has 1 aliphatic heterocycles. The number of imidazole rings is 1. The first-order valence-corrected chi connectivity index (χ1v) is 9.77. The van der Waals surface area contributed by atoms with Gasteiger partial charge in [0.25, 0.3) is 0 Å². The van der Waals surface area contributed by atoms with Gasteiger partial charge < -0.3 is 19.4 Å². The van der Waals surface area contributed by atoms with Crippen LogP contribution in [0.25, 0.3) is 0 Å². The SMILES string of the molecule is CC(C)Nc1cc(N2CCC[C@H](c3nnc(Cn4ccnc4)n3C)C2)ncn1. The van der Waals surface area contributed by atoms with Gasteiger partial charge in [-0.3, -0.25) is 0 Å². The molecule has 0 aromatic carbocycles. The lowest BCUT2D eigenvalue weighted by Crippen LogP contribution is -2.36. The molecule has 9 heteroatoms. The standard InChI is InChI=1S/C19H27N9/c1-14(2)23-16-9-17(22-12-21-16)28-7-4-5-15(10-28)19-25-24-18(26(19)3)11-27-8-6-20-13-27/h6,8-9,12-15H,4-5,7,10-11H2,1-3H3,(H,21,22,23)/t15-/m0/s1. The molecule has 3 aromatic heterocycles. The van der Waals surface area contributed by atoms with E-state index in [1.807, 2.05) is 16.8 Å². The second kappa shape index (κ2) is 7.95. The van der Waals surface area contributed by atoms with E-state index in [0.29, 0.717) is 18.5 Å². The van der Waals surface area contributed by atoms with Crippen molar-refractivity contribution in [2.75, 3.05) is 23.3 Å². The highest BCUT2D eigenvalue weighted by Crippen LogP contribution is 2.29. The largest absolute Gasteiger partial charge is 0.368 e. The average molecular weight is 381 g/mol. The maximum atomic E-state index is 4.51. The Labute approximate surface area is 164 Å². The third-order valence-electron chi connectivity index (χ3n) is 5.08.